The van der Waals surface area contributed by atoms with Crippen LogP contribution < -0.4 is 5.32 Å². The van der Waals surface area contributed by atoms with Gasteiger partial charge in [0.25, 0.3) is 5.92 Å². The van der Waals surface area contributed by atoms with Crippen molar-refractivity contribution in [3.05, 3.63) is 23.9 Å². The zero-order valence-electron chi connectivity index (χ0n) is 10.6. The second kappa shape index (κ2) is 4.00. The van der Waals surface area contributed by atoms with Gasteiger partial charge >= 0.3 is 0 Å². The number of aromatic nitrogens is 1. The molecule has 1 amide bonds. The van der Waals surface area contributed by atoms with E-state index in [1.807, 2.05) is 26.8 Å². The third-order valence-electron chi connectivity index (χ3n) is 3.02. The second-order valence-electron chi connectivity index (χ2n) is 5.69. The summed E-state index contributed by atoms with van der Waals surface area (Å²) in [6, 6.07) is 3.48. The minimum Gasteiger partial charge on any atom is -0.310 e. The number of halogens is 2. The van der Waals surface area contributed by atoms with Crippen LogP contribution in [0.5, 0.6) is 0 Å². The van der Waals surface area contributed by atoms with Crippen LogP contribution >= 0.6 is 0 Å². The van der Waals surface area contributed by atoms with E-state index in [0.29, 0.717) is 5.82 Å². The van der Waals surface area contributed by atoms with Gasteiger partial charge in [-0.15, -0.1) is 0 Å². The smallest absolute Gasteiger partial charge is 0.260 e. The lowest BCUT2D eigenvalue weighted by Gasteiger charge is -2.18. The van der Waals surface area contributed by atoms with Crippen molar-refractivity contribution in [2.24, 2.45) is 5.92 Å². The van der Waals surface area contributed by atoms with Crippen LogP contribution in [0.4, 0.5) is 14.6 Å². The normalized spacial score (nSPS) is 21.5. The molecule has 1 heterocycles. The average Bonchev–Trinajstić information content (AvgIpc) is 2.87. The molecule has 1 aliphatic rings. The summed E-state index contributed by atoms with van der Waals surface area (Å²) in [5.74, 6) is -4.37. The van der Waals surface area contributed by atoms with Gasteiger partial charge in [0.15, 0.2) is 0 Å². The zero-order valence-corrected chi connectivity index (χ0v) is 10.6. The molecule has 1 saturated carbocycles. The molecule has 5 heteroatoms. The molecular formula is C13H16F2N2O. The summed E-state index contributed by atoms with van der Waals surface area (Å²) >= 11 is 0. The Labute approximate surface area is 105 Å². The Morgan fingerprint density at radius 2 is 2.06 bits per heavy atom. The number of alkyl halides is 2. The van der Waals surface area contributed by atoms with E-state index in [2.05, 4.69) is 10.3 Å². The molecule has 0 spiro atoms. The lowest BCUT2D eigenvalue weighted by molar-refractivity contribution is -0.119. The van der Waals surface area contributed by atoms with Crippen LogP contribution in [-0.2, 0) is 10.2 Å². The number of carbonyl (C=O) groups excluding carboxylic acids is 1. The molecule has 3 nitrogen and oxygen atoms in total. The van der Waals surface area contributed by atoms with Crippen molar-refractivity contribution in [2.75, 3.05) is 5.32 Å². The molecule has 1 aromatic heterocycles. The lowest BCUT2D eigenvalue weighted by Crippen LogP contribution is -2.18. The average molecular weight is 254 g/mol. The molecule has 1 aliphatic carbocycles. The number of rotatable bonds is 2. The Bertz CT molecular complexity index is 463. The third kappa shape index (κ3) is 2.66. The molecule has 2 rings (SSSR count). The number of nitrogens with zero attached hydrogens (tertiary/aromatic N) is 1. The molecule has 98 valence electrons. The molecule has 0 bridgehead atoms. The van der Waals surface area contributed by atoms with Crippen molar-refractivity contribution in [3.8, 4) is 0 Å². The Balaban J connectivity index is 2.01. The number of hydrogen-bond donors (Lipinski definition) is 1. The molecule has 1 N–H and O–H groups in total. The quantitative estimate of drug-likeness (QED) is 0.881. The first-order chi connectivity index (χ1) is 8.20. The maximum atomic E-state index is 12.7. The van der Waals surface area contributed by atoms with Crippen molar-refractivity contribution in [1.29, 1.82) is 0 Å². The SMILES string of the molecule is CC(C)(C)c1ccc(NC(=O)C2CC2(F)F)nc1. The summed E-state index contributed by atoms with van der Waals surface area (Å²) in [5.41, 5.74) is 0.997. The predicted octanol–water partition coefficient (Wildman–Crippen LogP) is 2.97. The summed E-state index contributed by atoms with van der Waals surface area (Å²) in [6.45, 7) is 6.15. The molecule has 0 radical (unpaired) electrons. The van der Waals surface area contributed by atoms with E-state index in [0.717, 1.165) is 5.56 Å². The summed E-state index contributed by atoms with van der Waals surface area (Å²) in [6.07, 6.45) is 1.29. The highest BCUT2D eigenvalue weighted by Crippen LogP contribution is 2.48. The Morgan fingerprint density at radius 1 is 1.44 bits per heavy atom. The number of hydrogen-bond acceptors (Lipinski definition) is 2. The summed E-state index contributed by atoms with van der Waals surface area (Å²) in [5, 5.41) is 2.41. The fraction of sp³-hybridized carbons (Fsp3) is 0.538. The molecular weight excluding hydrogens is 238 g/mol. The summed E-state index contributed by atoms with van der Waals surface area (Å²) in [7, 11) is 0. The highest BCUT2D eigenvalue weighted by atomic mass is 19.3. The van der Waals surface area contributed by atoms with E-state index >= 15 is 0 Å². The van der Waals surface area contributed by atoms with E-state index in [1.54, 1.807) is 12.3 Å². The Kier molecular flexibility index (Phi) is 2.87. The van der Waals surface area contributed by atoms with Crippen LogP contribution in [0.25, 0.3) is 0 Å². The number of nitrogens with one attached hydrogen (secondary N) is 1. The largest absolute Gasteiger partial charge is 0.310 e. The number of pyridine rings is 1. The van der Waals surface area contributed by atoms with Gasteiger partial charge in [-0.25, -0.2) is 13.8 Å². The maximum Gasteiger partial charge on any atom is 0.260 e. The van der Waals surface area contributed by atoms with Gasteiger partial charge in [-0.1, -0.05) is 26.8 Å². The van der Waals surface area contributed by atoms with E-state index in [9.17, 15) is 13.6 Å². The zero-order chi connectivity index (χ0) is 13.6. The maximum absolute atomic E-state index is 12.7. The molecule has 1 aromatic rings. The number of carbonyl (C=O) groups is 1. The third-order valence-corrected chi connectivity index (χ3v) is 3.02. The van der Waals surface area contributed by atoms with Crippen molar-refractivity contribution < 1.29 is 13.6 Å². The van der Waals surface area contributed by atoms with Gasteiger partial charge in [-0.2, -0.15) is 0 Å². The van der Waals surface area contributed by atoms with E-state index in [1.165, 1.54) is 0 Å². The van der Waals surface area contributed by atoms with E-state index in [4.69, 9.17) is 0 Å². The Hall–Kier alpha value is -1.52. The highest BCUT2D eigenvalue weighted by molar-refractivity contribution is 5.94. The lowest BCUT2D eigenvalue weighted by atomic mass is 9.88. The van der Waals surface area contributed by atoms with Crippen LogP contribution in [0.3, 0.4) is 0 Å². The van der Waals surface area contributed by atoms with Gasteiger partial charge in [-0.3, -0.25) is 4.79 Å². The minimum atomic E-state index is -2.84. The highest BCUT2D eigenvalue weighted by Gasteiger charge is 2.61. The van der Waals surface area contributed by atoms with Crippen LogP contribution in [0.2, 0.25) is 0 Å². The first-order valence-corrected chi connectivity index (χ1v) is 5.85. The molecule has 0 aromatic carbocycles. The van der Waals surface area contributed by atoms with Gasteiger partial charge in [0.2, 0.25) is 5.91 Å². The topological polar surface area (TPSA) is 42.0 Å². The molecule has 18 heavy (non-hydrogen) atoms. The molecule has 1 atom stereocenters. The van der Waals surface area contributed by atoms with Gasteiger partial charge in [-0.05, 0) is 17.0 Å². The molecule has 1 fully saturated rings. The molecule has 0 aliphatic heterocycles. The van der Waals surface area contributed by atoms with Gasteiger partial charge in [0.1, 0.15) is 11.7 Å². The van der Waals surface area contributed by atoms with Crippen molar-refractivity contribution in [3.63, 3.8) is 0 Å². The van der Waals surface area contributed by atoms with Crippen LogP contribution in [0, 0.1) is 5.92 Å². The fourth-order valence-corrected chi connectivity index (χ4v) is 1.62. The first kappa shape index (κ1) is 12.9. The van der Waals surface area contributed by atoms with Crippen LogP contribution in [0.1, 0.15) is 32.8 Å². The number of amides is 1. The standard InChI is InChI=1S/C13H16F2N2O/c1-12(2,3)8-4-5-10(16-7-8)17-11(18)9-6-13(9,14)15/h4-5,7,9H,6H2,1-3H3,(H,16,17,18). The summed E-state index contributed by atoms with van der Waals surface area (Å²) in [4.78, 5) is 15.5. The number of anilines is 1. The van der Waals surface area contributed by atoms with Crippen molar-refractivity contribution in [1.82, 2.24) is 4.98 Å². The van der Waals surface area contributed by atoms with Crippen LogP contribution in [0.15, 0.2) is 18.3 Å². The summed E-state index contributed by atoms with van der Waals surface area (Å²) < 4.78 is 25.4. The molecule has 0 saturated heterocycles. The van der Waals surface area contributed by atoms with Crippen LogP contribution in [-0.4, -0.2) is 16.8 Å². The molecule has 1 unspecified atom stereocenters. The minimum absolute atomic E-state index is 0.0287. The predicted molar refractivity (Wildman–Crippen MR) is 64.6 cm³/mol. The van der Waals surface area contributed by atoms with Gasteiger partial charge in [0.05, 0.1) is 0 Å². The second-order valence-corrected chi connectivity index (χ2v) is 5.69. The fourth-order valence-electron chi connectivity index (χ4n) is 1.62. The first-order valence-electron chi connectivity index (χ1n) is 5.85. The van der Waals surface area contributed by atoms with E-state index < -0.39 is 17.7 Å². The van der Waals surface area contributed by atoms with Crippen molar-refractivity contribution in [2.45, 2.75) is 38.5 Å². The Morgan fingerprint density at radius 3 is 2.44 bits per heavy atom. The van der Waals surface area contributed by atoms with Gasteiger partial charge in [0, 0.05) is 12.6 Å². The van der Waals surface area contributed by atoms with E-state index in [-0.39, 0.29) is 11.8 Å². The monoisotopic (exact) mass is 254 g/mol. The van der Waals surface area contributed by atoms with Gasteiger partial charge < -0.3 is 5.32 Å². The van der Waals surface area contributed by atoms with Crippen molar-refractivity contribution >= 4 is 11.7 Å².